The van der Waals surface area contributed by atoms with Crippen LogP contribution in [0.3, 0.4) is 0 Å². The van der Waals surface area contributed by atoms with Crippen molar-refractivity contribution in [3.05, 3.63) is 0 Å². The molecule has 1 aliphatic carbocycles. The van der Waals surface area contributed by atoms with Crippen LogP contribution in [-0.4, -0.2) is 45.0 Å². The highest BCUT2D eigenvalue weighted by Crippen LogP contribution is 2.23. The quantitative estimate of drug-likeness (QED) is 0.368. The zero-order chi connectivity index (χ0) is 16.9. The van der Waals surface area contributed by atoms with E-state index in [4.69, 9.17) is 0 Å². The SMILES string of the molecule is CC(C)CN=C(NCC1CCS(=O)(=O)C1)NC1CCCC(C)C1.I. The largest absolute Gasteiger partial charge is 0.356 e. The minimum Gasteiger partial charge on any atom is -0.356 e. The molecule has 3 unspecified atom stereocenters. The summed E-state index contributed by atoms with van der Waals surface area (Å²) in [7, 11) is -2.80. The van der Waals surface area contributed by atoms with Crippen molar-refractivity contribution in [2.24, 2.45) is 22.7 Å². The van der Waals surface area contributed by atoms with E-state index < -0.39 is 9.84 Å². The topological polar surface area (TPSA) is 70.6 Å². The molecule has 2 rings (SSSR count). The molecule has 142 valence electrons. The molecule has 5 nitrogen and oxygen atoms in total. The summed E-state index contributed by atoms with van der Waals surface area (Å²) in [5, 5.41) is 6.97. The van der Waals surface area contributed by atoms with Gasteiger partial charge in [-0.3, -0.25) is 4.99 Å². The van der Waals surface area contributed by atoms with Crippen LogP contribution in [-0.2, 0) is 9.84 Å². The van der Waals surface area contributed by atoms with Gasteiger partial charge in [-0.2, -0.15) is 0 Å². The molecule has 2 aliphatic rings. The molecule has 24 heavy (non-hydrogen) atoms. The number of aliphatic imine (C=N–C) groups is 1. The molecule has 1 aliphatic heterocycles. The van der Waals surface area contributed by atoms with Crippen molar-refractivity contribution in [2.45, 2.75) is 58.9 Å². The van der Waals surface area contributed by atoms with Gasteiger partial charge in [0.25, 0.3) is 0 Å². The van der Waals surface area contributed by atoms with Crippen molar-refractivity contribution < 1.29 is 8.42 Å². The van der Waals surface area contributed by atoms with Crippen molar-refractivity contribution >= 4 is 39.8 Å². The number of guanidine groups is 1. The van der Waals surface area contributed by atoms with Gasteiger partial charge in [0.2, 0.25) is 0 Å². The van der Waals surface area contributed by atoms with E-state index in [1.165, 1.54) is 25.7 Å². The molecule has 0 aromatic rings. The maximum Gasteiger partial charge on any atom is 0.191 e. The summed E-state index contributed by atoms with van der Waals surface area (Å²) in [4.78, 5) is 4.68. The Balaban J connectivity index is 0.00000288. The smallest absolute Gasteiger partial charge is 0.191 e. The molecular formula is C17H34IN3O2S. The monoisotopic (exact) mass is 471 g/mol. The van der Waals surface area contributed by atoms with Crippen molar-refractivity contribution in [1.82, 2.24) is 10.6 Å². The number of hydrogen-bond acceptors (Lipinski definition) is 3. The highest BCUT2D eigenvalue weighted by Gasteiger charge is 2.28. The standard InChI is InChI=1S/C17H33N3O2S.HI/c1-13(2)10-18-17(20-16-6-4-5-14(3)9-16)19-11-15-7-8-23(21,22)12-15;/h13-16H,4-12H2,1-3H3,(H2,18,19,20);1H. The fourth-order valence-corrected chi connectivity index (χ4v) is 5.32. The van der Waals surface area contributed by atoms with E-state index in [2.05, 4.69) is 36.4 Å². The van der Waals surface area contributed by atoms with Crippen LogP contribution in [0.4, 0.5) is 0 Å². The van der Waals surface area contributed by atoms with Gasteiger partial charge in [-0.25, -0.2) is 8.42 Å². The molecule has 1 saturated carbocycles. The number of nitrogens with one attached hydrogen (secondary N) is 2. The molecule has 1 heterocycles. The first-order valence-corrected chi connectivity index (χ1v) is 10.9. The minimum atomic E-state index is -2.80. The first kappa shape index (κ1) is 22.0. The lowest BCUT2D eigenvalue weighted by Crippen LogP contribution is -2.46. The van der Waals surface area contributed by atoms with Crippen LogP contribution in [0.2, 0.25) is 0 Å². The first-order chi connectivity index (χ1) is 10.8. The van der Waals surface area contributed by atoms with Crippen LogP contribution in [0.25, 0.3) is 0 Å². The maximum atomic E-state index is 11.6. The average molecular weight is 471 g/mol. The summed E-state index contributed by atoms with van der Waals surface area (Å²) < 4.78 is 23.2. The third kappa shape index (κ3) is 7.89. The van der Waals surface area contributed by atoms with Crippen molar-refractivity contribution in [3.8, 4) is 0 Å². The van der Waals surface area contributed by atoms with Crippen molar-refractivity contribution in [1.29, 1.82) is 0 Å². The van der Waals surface area contributed by atoms with E-state index >= 15 is 0 Å². The number of sulfone groups is 1. The Morgan fingerprint density at radius 1 is 1.25 bits per heavy atom. The van der Waals surface area contributed by atoms with Gasteiger partial charge in [0.05, 0.1) is 11.5 Å². The van der Waals surface area contributed by atoms with Gasteiger partial charge >= 0.3 is 0 Å². The second kappa shape index (κ2) is 10.2. The Hall–Kier alpha value is -0.0500. The lowest BCUT2D eigenvalue weighted by molar-refractivity contribution is 0.324. The van der Waals surface area contributed by atoms with Gasteiger partial charge in [0, 0.05) is 19.1 Å². The molecule has 0 aromatic carbocycles. The summed E-state index contributed by atoms with van der Waals surface area (Å²) >= 11 is 0. The fraction of sp³-hybridized carbons (Fsp3) is 0.941. The number of rotatable bonds is 5. The zero-order valence-electron chi connectivity index (χ0n) is 15.3. The van der Waals surface area contributed by atoms with Gasteiger partial charge in [-0.15, -0.1) is 24.0 Å². The van der Waals surface area contributed by atoms with E-state index in [0.717, 1.165) is 24.8 Å². The van der Waals surface area contributed by atoms with Gasteiger partial charge in [0.15, 0.2) is 15.8 Å². The summed E-state index contributed by atoms with van der Waals surface area (Å²) in [5.74, 6) is 3.03. The molecule has 0 bridgehead atoms. The fourth-order valence-electron chi connectivity index (χ4n) is 3.46. The second-order valence-electron chi connectivity index (χ2n) is 7.85. The minimum absolute atomic E-state index is 0. The Morgan fingerprint density at radius 2 is 2.00 bits per heavy atom. The number of nitrogens with zero attached hydrogens (tertiary/aromatic N) is 1. The normalized spacial score (nSPS) is 30.0. The molecule has 7 heteroatoms. The van der Waals surface area contributed by atoms with Crippen LogP contribution in [0, 0.1) is 17.8 Å². The van der Waals surface area contributed by atoms with E-state index in [1.807, 2.05) is 0 Å². The summed E-state index contributed by atoms with van der Waals surface area (Å²) in [6.45, 7) is 8.13. The molecule has 3 atom stereocenters. The van der Waals surface area contributed by atoms with Crippen molar-refractivity contribution in [2.75, 3.05) is 24.6 Å². The van der Waals surface area contributed by atoms with Crippen LogP contribution < -0.4 is 10.6 Å². The predicted octanol–water partition coefficient (Wildman–Crippen LogP) is 2.81. The van der Waals surface area contributed by atoms with Crippen LogP contribution >= 0.6 is 24.0 Å². The van der Waals surface area contributed by atoms with E-state index in [9.17, 15) is 8.42 Å². The Bertz CT molecular complexity index is 508. The highest BCUT2D eigenvalue weighted by atomic mass is 127. The lowest BCUT2D eigenvalue weighted by atomic mass is 9.87. The van der Waals surface area contributed by atoms with Gasteiger partial charge in [0.1, 0.15) is 0 Å². The Morgan fingerprint density at radius 3 is 2.58 bits per heavy atom. The first-order valence-electron chi connectivity index (χ1n) is 9.09. The molecule has 0 spiro atoms. The van der Waals surface area contributed by atoms with Crippen LogP contribution in [0.1, 0.15) is 52.9 Å². The predicted molar refractivity (Wildman–Crippen MR) is 112 cm³/mol. The molecule has 0 aromatic heterocycles. The van der Waals surface area contributed by atoms with Crippen LogP contribution in [0.5, 0.6) is 0 Å². The second-order valence-corrected chi connectivity index (χ2v) is 10.1. The molecule has 0 radical (unpaired) electrons. The summed E-state index contributed by atoms with van der Waals surface area (Å²) in [6.07, 6.45) is 5.76. The Kier molecular flexibility index (Phi) is 9.33. The van der Waals surface area contributed by atoms with Gasteiger partial charge in [-0.05, 0) is 37.0 Å². The maximum absolute atomic E-state index is 11.6. The van der Waals surface area contributed by atoms with E-state index in [-0.39, 0.29) is 29.9 Å². The molecular weight excluding hydrogens is 437 g/mol. The number of hydrogen-bond donors (Lipinski definition) is 2. The Labute approximate surface area is 164 Å². The van der Waals surface area contributed by atoms with E-state index in [1.54, 1.807) is 0 Å². The average Bonchev–Trinajstić information content (AvgIpc) is 2.81. The summed E-state index contributed by atoms with van der Waals surface area (Å²) in [6, 6.07) is 0.490. The van der Waals surface area contributed by atoms with Crippen molar-refractivity contribution in [3.63, 3.8) is 0 Å². The third-order valence-corrected chi connectivity index (χ3v) is 6.61. The van der Waals surface area contributed by atoms with Crippen LogP contribution in [0.15, 0.2) is 4.99 Å². The molecule has 2 fully saturated rings. The highest BCUT2D eigenvalue weighted by molar-refractivity contribution is 14.0. The molecule has 1 saturated heterocycles. The van der Waals surface area contributed by atoms with E-state index in [0.29, 0.717) is 30.0 Å². The molecule has 0 amide bonds. The summed E-state index contributed by atoms with van der Waals surface area (Å²) in [5.41, 5.74) is 0. The lowest BCUT2D eigenvalue weighted by Gasteiger charge is -2.29. The van der Waals surface area contributed by atoms with Gasteiger partial charge in [-0.1, -0.05) is 33.6 Å². The zero-order valence-corrected chi connectivity index (χ0v) is 18.4. The number of halogens is 1. The third-order valence-electron chi connectivity index (χ3n) is 4.78. The molecule has 2 N–H and O–H groups in total. The van der Waals surface area contributed by atoms with Gasteiger partial charge < -0.3 is 10.6 Å².